The van der Waals surface area contributed by atoms with E-state index in [0.717, 1.165) is 25.7 Å². The average Bonchev–Trinajstić information content (AvgIpc) is 3.14. The Labute approximate surface area is 209 Å². The lowest BCUT2D eigenvalue weighted by atomic mass is 9.95. The van der Waals surface area contributed by atoms with Crippen molar-refractivity contribution in [3.63, 3.8) is 0 Å². The molecule has 2 fully saturated rings. The number of methoxy groups -OCH3 is 1. The molecule has 1 amide bonds. The summed E-state index contributed by atoms with van der Waals surface area (Å²) in [4.78, 5) is 30.1. The summed E-state index contributed by atoms with van der Waals surface area (Å²) < 4.78 is 30.2. The standard InChI is InChI=1S/C27H31FN2O6/c1-3-36-20-8-5-18(6-9-20)24-23(25(31)19-7-10-22(34-2)21(28)17-19)26(32)27(33)30(24)12-4-11-29-13-15-35-16-14-29/h5-10,17,24,31H,3-4,11-16H2,1-2H3/t24-/m1/s1. The molecule has 4 rings (SSSR count). The van der Waals surface area contributed by atoms with Gasteiger partial charge in [-0.05, 0) is 49.2 Å². The largest absolute Gasteiger partial charge is 0.507 e. The molecule has 0 aromatic heterocycles. The van der Waals surface area contributed by atoms with Gasteiger partial charge in [-0.25, -0.2) is 4.39 Å². The van der Waals surface area contributed by atoms with Crippen molar-refractivity contribution in [1.29, 1.82) is 0 Å². The molecule has 2 aromatic rings. The summed E-state index contributed by atoms with van der Waals surface area (Å²) in [6.07, 6.45) is 0.651. The molecule has 0 aliphatic carbocycles. The molecule has 0 unspecified atom stereocenters. The maximum absolute atomic E-state index is 14.4. The number of likely N-dealkylation sites (tertiary alicyclic amines) is 1. The Hall–Kier alpha value is -3.43. The smallest absolute Gasteiger partial charge is 0.295 e. The molecular formula is C27H31FN2O6. The van der Waals surface area contributed by atoms with Crippen LogP contribution in [0.4, 0.5) is 4.39 Å². The van der Waals surface area contributed by atoms with Gasteiger partial charge in [0, 0.05) is 31.7 Å². The van der Waals surface area contributed by atoms with Crippen LogP contribution in [0.2, 0.25) is 0 Å². The summed E-state index contributed by atoms with van der Waals surface area (Å²) in [6.45, 7) is 6.46. The highest BCUT2D eigenvalue weighted by molar-refractivity contribution is 6.46. The molecule has 8 nitrogen and oxygen atoms in total. The predicted octanol–water partition coefficient (Wildman–Crippen LogP) is 3.38. The van der Waals surface area contributed by atoms with Crippen LogP contribution in [0.25, 0.3) is 5.76 Å². The minimum absolute atomic E-state index is 0.0122. The van der Waals surface area contributed by atoms with Crippen molar-refractivity contribution < 1.29 is 33.3 Å². The normalized spacial score (nSPS) is 20.1. The van der Waals surface area contributed by atoms with Crippen LogP contribution in [0, 0.1) is 5.82 Å². The van der Waals surface area contributed by atoms with Crippen molar-refractivity contribution in [2.45, 2.75) is 19.4 Å². The monoisotopic (exact) mass is 498 g/mol. The van der Waals surface area contributed by atoms with Gasteiger partial charge in [-0.2, -0.15) is 0 Å². The fourth-order valence-electron chi connectivity index (χ4n) is 4.63. The number of hydrogen-bond donors (Lipinski definition) is 1. The van der Waals surface area contributed by atoms with Gasteiger partial charge in [-0.15, -0.1) is 0 Å². The van der Waals surface area contributed by atoms with Crippen LogP contribution in [-0.2, 0) is 14.3 Å². The van der Waals surface area contributed by atoms with E-state index < -0.39 is 29.3 Å². The van der Waals surface area contributed by atoms with Gasteiger partial charge < -0.3 is 24.2 Å². The summed E-state index contributed by atoms with van der Waals surface area (Å²) >= 11 is 0. The third-order valence-electron chi connectivity index (χ3n) is 6.45. The second-order valence-electron chi connectivity index (χ2n) is 8.65. The van der Waals surface area contributed by atoms with Gasteiger partial charge in [-0.3, -0.25) is 14.5 Å². The van der Waals surface area contributed by atoms with Crippen LogP contribution in [0.5, 0.6) is 11.5 Å². The van der Waals surface area contributed by atoms with Gasteiger partial charge in [0.2, 0.25) is 0 Å². The van der Waals surface area contributed by atoms with Crippen molar-refractivity contribution in [3.8, 4) is 11.5 Å². The molecule has 2 aliphatic heterocycles. The molecule has 0 saturated carbocycles. The van der Waals surface area contributed by atoms with E-state index >= 15 is 0 Å². The molecule has 2 heterocycles. The molecule has 1 atom stereocenters. The number of benzene rings is 2. The maximum Gasteiger partial charge on any atom is 0.295 e. The van der Waals surface area contributed by atoms with Gasteiger partial charge in [0.25, 0.3) is 11.7 Å². The summed E-state index contributed by atoms with van der Waals surface area (Å²) in [7, 11) is 1.34. The molecule has 1 N–H and O–H groups in total. The Morgan fingerprint density at radius 2 is 1.83 bits per heavy atom. The number of aliphatic hydroxyl groups is 1. The molecule has 2 aromatic carbocycles. The highest BCUT2D eigenvalue weighted by Crippen LogP contribution is 2.40. The molecule has 2 aliphatic rings. The number of morpholine rings is 1. The van der Waals surface area contributed by atoms with E-state index in [2.05, 4.69) is 4.90 Å². The topological polar surface area (TPSA) is 88.5 Å². The fourth-order valence-corrected chi connectivity index (χ4v) is 4.63. The van der Waals surface area contributed by atoms with Crippen LogP contribution in [-0.4, -0.2) is 79.7 Å². The molecule has 36 heavy (non-hydrogen) atoms. The number of rotatable bonds is 9. The van der Waals surface area contributed by atoms with Crippen molar-refractivity contribution in [2.24, 2.45) is 0 Å². The Balaban J connectivity index is 1.68. The number of ketones is 1. The highest BCUT2D eigenvalue weighted by atomic mass is 19.1. The summed E-state index contributed by atoms with van der Waals surface area (Å²) in [5.74, 6) is -1.93. The molecule has 0 bridgehead atoms. The summed E-state index contributed by atoms with van der Waals surface area (Å²) in [5.41, 5.74) is 0.676. The third kappa shape index (κ3) is 5.37. The summed E-state index contributed by atoms with van der Waals surface area (Å²) in [5, 5.41) is 11.1. The zero-order valence-corrected chi connectivity index (χ0v) is 20.5. The van der Waals surface area contributed by atoms with Crippen LogP contribution in [0.1, 0.15) is 30.5 Å². The van der Waals surface area contributed by atoms with E-state index in [9.17, 15) is 19.1 Å². The highest BCUT2D eigenvalue weighted by Gasteiger charge is 2.45. The lowest BCUT2D eigenvalue weighted by Crippen LogP contribution is -2.38. The Bertz CT molecular complexity index is 1130. The van der Waals surface area contributed by atoms with Gasteiger partial charge in [0.05, 0.1) is 38.5 Å². The molecule has 9 heteroatoms. The van der Waals surface area contributed by atoms with E-state index in [1.54, 1.807) is 24.3 Å². The van der Waals surface area contributed by atoms with E-state index in [1.165, 1.54) is 24.1 Å². The average molecular weight is 499 g/mol. The van der Waals surface area contributed by atoms with Gasteiger partial charge in [0.1, 0.15) is 11.5 Å². The number of hydrogen-bond acceptors (Lipinski definition) is 7. The van der Waals surface area contributed by atoms with Crippen LogP contribution in [0.15, 0.2) is 48.0 Å². The number of amides is 1. The number of nitrogens with zero attached hydrogens (tertiary/aromatic N) is 2. The first kappa shape index (κ1) is 25.7. The first-order chi connectivity index (χ1) is 17.4. The lowest BCUT2D eigenvalue weighted by molar-refractivity contribution is -0.140. The van der Waals surface area contributed by atoms with E-state index in [4.69, 9.17) is 14.2 Å². The van der Waals surface area contributed by atoms with E-state index in [1.807, 2.05) is 6.92 Å². The third-order valence-corrected chi connectivity index (χ3v) is 6.45. The van der Waals surface area contributed by atoms with Crippen molar-refractivity contribution in [3.05, 3.63) is 65.0 Å². The number of ether oxygens (including phenoxy) is 3. The van der Waals surface area contributed by atoms with E-state index in [-0.39, 0.29) is 16.9 Å². The van der Waals surface area contributed by atoms with Crippen LogP contribution < -0.4 is 9.47 Å². The van der Waals surface area contributed by atoms with Crippen molar-refractivity contribution in [2.75, 3.05) is 53.1 Å². The zero-order chi connectivity index (χ0) is 25.7. The minimum atomic E-state index is -0.810. The van der Waals surface area contributed by atoms with Crippen molar-refractivity contribution >= 4 is 17.4 Å². The first-order valence-electron chi connectivity index (χ1n) is 12.1. The second-order valence-corrected chi connectivity index (χ2v) is 8.65. The van der Waals surface area contributed by atoms with Crippen LogP contribution in [0.3, 0.4) is 0 Å². The number of halogens is 1. The Kier molecular flexibility index (Phi) is 8.22. The number of carbonyl (C=O) groups is 2. The summed E-state index contributed by atoms with van der Waals surface area (Å²) in [6, 6.07) is 10.2. The first-order valence-corrected chi connectivity index (χ1v) is 12.1. The van der Waals surface area contributed by atoms with Gasteiger partial charge in [0.15, 0.2) is 11.6 Å². The SMILES string of the molecule is CCOc1ccc([C@@H]2C(=C(O)c3ccc(OC)c(F)c3)C(=O)C(=O)N2CCCN2CCOCC2)cc1. The van der Waals surface area contributed by atoms with Crippen LogP contribution >= 0.6 is 0 Å². The maximum atomic E-state index is 14.4. The number of carbonyl (C=O) groups excluding carboxylic acids is 2. The molecule has 0 spiro atoms. The molecule has 0 radical (unpaired) electrons. The quantitative estimate of drug-likeness (QED) is 0.322. The van der Waals surface area contributed by atoms with Gasteiger partial charge in [-0.1, -0.05) is 12.1 Å². The lowest BCUT2D eigenvalue weighted by Gasteiger charge is -2.29. The number of Topliss-reactive ketones (excluding diaryl/α,β-unsaturated/α-hetero) is 1. The molecule has 2 saturated heterocycles. The minimum Gasteiger partial charge on any atom is -0.507 e. The zero-order valence-electron chi connectivity index (χ0n) is 20.5. The second kappa shape index (κ2) is 11.5. The van der Waals surface area contributed by atoms with E-state index in [0.29, 0.717) is 44.1 Å². The predicted molar refractivity (Wildman–Crippen MR) is 131 cm³/mol. The Morgan fingerprint density at radius 1 is 1.11 bits per heavy atom. The Morgan fingerprint density at radius 3 is 2.47 bits per heavy atom. The van der Waals surface area contributed by atoms with Gasteiger partial charge >= 0.3 is 0 Å². The molecule has 192 valence electrons. The molecular weight excluding hydrogens is 467 g/mol. The fraction of sp³-hybridized carbons (Fsp3) is 0.407. The van der Waals surface area contributed by atoms with Crippen molar-refractivity contribution in [1.82, 2.24) is 9.80 Å². The number of aliphatic hydroxyl groups excluding tert-OH is 1.